The Morgan fingerprint density at radius 2 is 1.90 bits per heavy atom. The molecule has 0 aliphatic carbocycles. The number of fused-ring (bicyclic) bond motifs is 1. The number of nitrogens with two attached hydrogens (primary N) is 1. The molecule has 106 valence electrons. The van der Waals surface area contributed by atoms with Gasteiger partial charge in [0, 0.05) is 18.6 Å². The molecule has 2 heterocycles. The van der Waals surface area contributed by atoms with Crippen LogP contribution in [0.5, 0.6) is 0 Å². The van der Waals surface area contributed by atoms with Crippen LogP contribution in [0.3, 0.4) is 0 Å². The third kappa shape index (κ3) is 2.68. The highest BCUT2D eigenvalue weighted by atomic mass is 16.5. The molecule has 0 aliphatic heterocycles. The number of nitrogen functional groups attached to an aromatic ring is 1. The number of nitrogens with zero attached hydrogens (tertiary/aromatic N) is 3. The summed E-state index contributed by atoms with van der Waals surface area (Å²) in [5.41, 5.74) is 9.36. The highest BCUT2D eigenvalue weighted by Crippen LogP contribution is 2.23. The Balaban J connectivity index is 2.16. The normalized spacial score (nSPS) is 11.0. The van der Waals surface area contributed by atoms with E-state index in [0.29, 0.717) is 18.2 Å². The number of benzene rings is 1. The monoisotopic (exact) mass is 280 g/mol. The SMILES string of the molecule is COCc1cc(N)nc(-c2cc(C)c3ccccc3n2)n1. The molecular formula is C16H16N4O. The molecule has 2 aromatic heterocycles. The maximum absolute atomic E-state index is 5.84. The van der Waals surface area contributed by atoms with Gasteiger partial charge in [-0.25, -0.2) is 15.0 Å². The molecule has 5 heteroatoms. The maximum atomic E-state index is 5.84. The summed E-state index contributed by atoms with van der Waals surface area (Å²) in [6.45, 7) is 2.45. The van der Waals surface area contributed by atoms with E-state index in [0.717, 1.165) is 27.9 Å². The van der Waals surface area contributed by atoms with Gasteiger partial charge in [0.1, 0.15) is 11.5 Å². The second-order valence-electron chi connectivity index (χ2n) is 4.88. The van der Waals surface area contributed by atoms with Crippen LogP contribution in [0.15, 0.2) is 36.4 Å². The van der Waals surface area contributed by atoms with Crippen LogP contribution in [0.1, 0.15) is 11.3 Å². The number of ether oxygens (including phenoxy) is 1. The summed E-state index contributed by atoms with van der Waals surface area (Å²) in [5, 5.41) is 1.13. The summed E-state index contributed by atoms with van der Waals surface area (Å²) < 4.78 is 5.10. The molecule has 5 nitrogen and oxygen atoms in total. The van der Waals surface area contributed by atoms with Gasteiger partial charge in [-0.05, 0) is 24.6 Å². The average molecular weight is 280 g/mol. The molecule has 0 bridgehead atoms. The van der Waals surface area contributed by atoms with Crippen molar-refractivity contribution in [2.45, 2.75) is 13.5 Å². The summed E-state index contributed by atoms with van der Waals surface area (Å²) >= 11 is 0. The van der Waals surface area contributed by atoms with Crippen LogP contribution in [-0.4, -0.2) is 22.1 Å². The molecule has 0 fully saturated rings. The van der Waals surface area contributed by atoms with Gasteiger partial charge in [0.25, 0.3) is 0 Å². The van der Waals surface area contributed by atoms with Crippen molar-refractivity contribution >= 4 is 16.7 Å². The van der Waals surface area contributed by atoms with Gasteiger partial charge in [0.15, 0.2) is 5.82 Å². The van der Waals surface area contributed by atoms with Crippen molar-refractivity contribution in [3.8, 4) is 11.5 Å². The van der Waals surface area contributed by atoms with Gasteiger partial charge in [-0.2, -0.15) is 0 Å². The first kappa shape index (κ1) is 13.5. The third-order valence-electron chi connectivity index (χ3n) is 3.24. The number of anilines is 1. The second kappa shape index (κ2) is 5.46. The fraction of sp³-hybridized carbons (Fsp3) is 0.188. The standard InChI is InChI=1S/C16H16N4O/c1-10-7-14(19-13-6-4-3-5-12(10)13)16-18-11(9-21-2)8-15(17)20-16/h3-8H,9H2,1-2H3,(H2,17,18,20). The number of methoxy groups -OCH3 is 1. The number of para-hydroxylation sites is 1. The van der Waals surface area contributed by atoms with E-state index >= 15 is 0 Å². The maximum Gasteiger partial charge on any atom is 0.180 e. The van der Waals surface area contributed by atoms with E-state index in [1.165, 1.54) is 0 Å². The summed E-state index contributed by atoms with van der Waals surface area (Å²) in [6.07, 6.45) is 0. The van der Waals surface area contributed by atoms with Gasteiger partial charge in [-0.15, -0.1) is 0 Å². The molecule has 0 radical (unpaired) electrons. The fourth-order valence-electron chi connectivity index (χ4n) is 2.32. The van der Waals surface area contributed by atoms with Crippen molar-refractivity contribution in [2.75, 3.05) is 12.8 Å². The minimum Gasteiger partial charge on any atom is -0.384 e. The van der Waals surface area contributed by atoms with Gasteiger partial charge in [0.2, 0.25) is 0 Å². The quantitative estimate of drug-likeness (QED) is 0.798. The van der Waals surface area contributed by atoms with E-state index in [1.54, 1.807) is 13.2 Å². The number of hydrogen-bond acceptors (Lipinski definition) is 5. The first-order chi connectivity index (χ1) is 10.2. The lowest BCUT2D eigenvalue weighted by atomic mass is 10.1. The smallest absolute Gasteiger partial charge is 0.180 e. The van der Waals surface area contributed by atoms with Crippen molar-refractivity contribution in [1.29, 1.82) is 0 Å². The number of aromatic nitrogens is 3. The van der Waals surface area contributed by atoms with Crippen LogP contribution in [-0.2, 0) is 11.3 Å². The van der Waals surface area contributed by atoms with Crippen molar-refractivity contribution in [3.63, 3.8) is 0 Å². The Morgan fingerprint density at radius 3 is 2.71 bits per heavy atom. The first-order valence-corrected chi connectivity index (χ1v) is 6.66. The Kier molecular flexibility index (Phi) is 3.50. The third-order valence-corrected chi connectivity index (χ3v) is 3.24. The predicted molar refractivity (Wildman–Crippen MR) is 82.6 cm³/mol. The van der Waals surface area contributed by atoms with Crippen LogP contribution >= 0.6 is 0 Å². The van der Waals surface area contributed by atoms with Gasteiger partial charge >= 0.3 is 0 Å². The zero-order chi connectivity index (χ0) is 14.8. The van der Waals surface area contributed by atoms with Crippen LogP contribution in [0, 0.1) is 6.92 Å². The van der Waals surface area contributed by atoms with E-state index in [4.69, 9.17) is 10.5 Å². The lowest BCUT2D eigenvalue weighted by molar-refractivity contribution is 0.181. The van der Waals surface area contributed by atoms with Gasteiger partial charge in [-0.1, -0.05) is 18.2 Å². The molecule has 0 saturated heterocycles. The van der Waals surface area contributed by atoms with Gasteiger partial charge < -0.3 is 10.5 Å². The molecule has 21 heavy (non-hydrogen) atoms. The Hall–Kier alpha value is -2.53. The number of pyridine rings is 1. The van der Waals surface area contributed by atoms with E-state index in [-0.39, 0.29) is 0 Å². The Labute approximate surface area is 122 Å². The van der Waals surface area contributed by atoms with E-state index in [2.05, 4.69) is 27.9 Å². The lowest BCUT2D eigenvalue weighted by Crippen LogP contribution is -2.02. The molecule has 3 aromatic rings. The summed E-state index contributed by atoms with van der Waals surface area (Å²) in [6, 6.07) is 11.7. The molecule has 0 unspecified atom stereocenters. The minimum absolute atomic E-state index is 0.395. The number of rotatable bonds is 3. The fourth-order valence-corrected chi connectivity index (χ4v) is 2.32. The molecular weight excluding hydrogens is 264 g/mol. The molecule has 2 N–H and O–H groups in total. The van der Waals surface area contributed by atoms with Gasteiger partial charge in [-0.3, -0.25) is 0 Å². The van der Waals surface area contributed by atoms with Crippen LogP contribution in [0.4, 0.5) is 5.82 Å². The molecule has 0 atom stereocenters. The van der Waals surface area contributed by atoms with E-state index < -0.39 is 0 Å². The van der Waals surface area contributed by atoms with E-state index in [1.807, 2.05) is 24.3 Å². The van der Waals surface area contributed by atoms with Crippen molar-refractivity contribution in [2.24, 2.45) is 0 Å². The highest BCUT2D eigenvalue weighted by Gasteiger charge is 2.09. The average Bonchev–Trinajstić information content (AvgIpc) is 2.47. The highest BCUT2D eigenvalue weighted by molar-refractivity contribution is 5.84. The van der Waals surface area contributed by atoms with E-state index in [9.17, 15) is 0 Å². The number of hydrogen-bond donors (Lipinski definition) is 1. The van der Waals surface area contributed by atoms with Crippen molar-refractivity contribution < 1.29 is 4.74 Å². The largest absolute Gasteiger partial charge is 0.384 e. The lowest BCUT2D eigenvalue weighted by Gasteiger charge is -2.08. The zero-order valence-corrected chi connectivity index (χ0v) is 12.0. The topological polar surface area (TPSA) is 73.9 Å². The van der Waals surface area contributed by atoms with Crippen molar-refractivity contribution in [3.05, 3.63) is 47.7 Å². The summed E-state index contributed by atoms with van der Waals surface area (Å²) in [7, 11) is 1.62. The molecule has 1 aromatic carbocycles. The van der Waals surface area contributed by atoms with Crippen LogP contribution in [0.2, 0.25) is 0 Å². The zero-order valence-electron chi connectivity index (χ0n) is 12.0. The molecule has 0 amide bonds. The van der Waals surface area contributed by atoms with Gasteiger partial charge in [0.05, 0.1) is 17.8 Å². The molecule has 3 rings (SSSR count). The summed E-state index contributed by atoms with van der Waals surface area (Å²) in [5.74, 6) is 0.940. The minimum atomic E-state index is 0.395. The first-order valence-electron chi connectivity index (χ1n) is 6.66. The Morgan fingerprint density at radius 1 is 1.10 bits per heavy atom. The second-order valence-corrected chi connectivity index (χ2v) is 4.88. The molecule has 0 saturated carbocycles. The summed E-state index contributed by atoms with van der Waals surface area (Å²) in [4.78, 5) is 13.4. The van der Waals surface area contributed by atoms with Crippen LogP contribution < -0.4 is 5.73 Å². The van der Waals surface area contributed by atoms with Crippen LogP contribution in [0.25, 0.3) is 22.4 Å². The Bertz CT molecular complexity index is 801. The van der Waals surface area contributed by atoms with Crippen molar-refractivity contribution in [1.82, 2.24) is 15.0 Å². The molecule has 0 aliphatic rings. The molecule has 0 spiro atoms. The predicted octanol–water partition coefficient (Wildman–Crippen LogP) is 2.73. The number of aryl methyl sites for hydroxylation is 1.